The van der Waals surface area contributed by atoms with Gasteiger partial charge in [0, 0.05) is 11.6 Å². The Hall–Kier alpha value is -2.00. The summed E-state index contributed by atoms with van der Waals surface area (Å²) in [4.78, 5) is 0. The Morgan fingerprint density at radius 1 is 1.10 bits per heavy atom. The van der Waals surface area contributed by atoms with Crippen LogP contribution in [0, 0.1) is 0 Å². The fourth-order valence-electron chi connectivity index (χ4n) is 2.12. The average Bonchev–Trinajstić information content (AvgIpc) is 2.46. The number of ether oxygens (including phenoxy) is 2. The largest absolute Gasteiger partial charge is 0.496 e. The molecule has 2 aromatic rings. The van der Waals surface area contributed by atoms with Crippen molar-refractivity contribution in [2.24, 2.45) is 5.73 Å². The Morgan fingerprint density at radius 2 is 1.85 bits per heavy atom. The summed E-state index contributed by atoms with van der Waals surface area (Å²) in [7, 11) is 1.67. The summed E-state index contributed by atoms with van der Waals surface area (Å²) in [6, 6.07) is 16.0. The fourth-order valence-corrected chi connectivity index (χ4v) is 2.12. The predicted molar refractivity (Wildman–Crippen MR) is 81.1 cm³/mol. The number of benzene rings is 2. The smallest absolute Gasteiger partial charge is 0.125 e. The van der Waals surface area contributed by atoms with Crippen molar-refractivity contribution in [3.05, 3.63) is 59.7 Å². The first-order chi connectivity index (χ1) is 9.69. The average molecular weight is 271 g/mol. The van der Waals surface area contributed by atoms with Crippen LogP contribution in [0.1, 0.15) is 18.1 Å². The van der Waals surface area contributed by atoms with E-state index in [2.05, 4.69) is 6.07 Å². The van der Waals surface area contributed by atoms with Crippen molar-refractivity contribution in [1.82, 2.24) is 0 Å². The topological polar surface area (TPSA) is 44.5 Å². The summed E-state index contributed by atoms with van der Waals surface area (Å²) < 4.78 is 11.2. The highest BCUT2D eigenvalue weighted by Crippen LogP contribution is 2.22. The molecule has 1 unspecified atom stereocenters. The second kappa shape index (κ2) is 6.96. The third-order valence-electron chi connectivity index (χ3n) is 3.04. The van der Waals surface area contributed by atoms with E-state index < -0.39 is 0 Å². The van der Waals surface area contributed by atoms with Gasteiger partial charge in [-0.05, 0) is 43.2 Å². The molecule has 0 fully saturated rings. The van der Waals surface area contributed by atoms with Crippen molar-refractivity contribution < 1.29 is 9.47 Å². The minimum Gasteiger partial charge on any atom is -0.496 e. The number of para-hydroxylation sites is 1. The van der Waals surface area contributed by atoms with Gasteiger partial charge in [0.1, 0.15) is 18.1 Å². The van der Waals surface area contributed by atoms with E-state index in [1.165, 1.54) is 5.56 Å². The predicted octanol–water partition coefficient (Wildman–Crippen LogP) is 3.16. The van der Waals surface area contributed by atoms with Gasteiger partial charge < -0.3 is 15.2 Å². The van der Waals surface area contributed by atoms with Gasteiger partial charge in [0.2, 0.25) is 0 Å². The number of rotatable bonds is 6. The number of nitrogens with two attached hydrogens (primary N) is 1. The third kappa shape index (κ3) is 4.00. The molecule has 2 rings (SSSR count). The lowest BCUT2D eigenvalue weighted by molar-refractivity contribution is 0.296. The van der Waals surface area contributed by atoms with Crippen molar-refractivity contribution in [1.29, 1.82) is 0 Å². The van der Waals surface area contributed by atoms with E-state index >= 15 is 0 Å². The highest BCUT2D eigenvalue weighted by Gasteiger charge is 2.07. The first-order valence-electron chi connectivity index (χ1n) is 6.78. The van der Waals surface area contributed by atoms with Crippen molar-refractivity contribution in [2.75, 3.05) is 7.11 Å². The summed E-state index contributed by atoms with van der Waals surface area (Å²) >= 11 is 0. The minimum atomic E-state index is 0.145. The van der Waals surface area contributed by atoms with Gasteiger partial charge in [-0.1, -0.05) is 24.3 Å². The molecule has 0 heterocycles. The van der Waals surface area contributed by atoms with Gasteiger partial charge in [-0.25, -0.2) is 0 Å². The van der Waals surface area contributed by atoms with Crippen LogP contribution in [0.2, 0.25) is 0 Å². The first kappa shape index (κ1) is 14.4. The summed E-state index contributed by atoms with van der Waals surface area (Å²) in [6.07, 6.45) is 0.850. The Bertz CT molecular complexity index is 538. The second-order valence-electron chi connectivity index (χ2n) is 4.93. The Morgan fingerprint density at radius 3 is 2.50 bits per heavy atom. The molecule has 0 bridgehead atoms. The molecule has 0 aliphatic rings. The van der Waals surface area contributed by atoms with E-state index in [0.717, 1.165) is 23.5 Å². The van der Waals surface area contributed by atoms with Crippen LogP contribution in [0.25, 0.3) is 0 Å². The number of hydrogen-bond acceptors (Lipinski definition) is 3. The number of hydrogen-bond donors (Lipinski definition) is 1. The van der Waals surface area contributed by atoms with Gasteiger partial charge in [0.25, 0.3) is 0 Å². The van der Waals surface area contributed by atoms with Crippen LogP contribution in [0.3, 0.4) is 0 Å². The highest BCUT2D eigenvalue weighted by molar-refractivity contribution is 5.37. The molecule has 106 valence electrons. The lowest BCUT2D eigenvalue weighted by Crippen LogP contribution is -2.17. The summed E-state index contributed by atoms with van der Waals surface area (Å²) in [5.41, 5.74) is 8.09. The van der Waals surface area contributed by atoms with Gasteiger partial charge in [-0.2, -0.15) is 0 Å². The molecular formula is C17H21NO2. The summed E-state index contributed by atoms with van der Waals surface area (Å²) in [6.45, 7) is 2.49. The maximum Gasteiger partial charge on any atom is 0.125 e. The molecule has 2 aromatic carbocycles. The maximum absolute atomic E-state index is 5.85. The molecule has 1 atom stereocenters. The quantitative estimate of drug-likeness (QED) is 0.877. The molecule has 3 heteroatoms. The van der Waals surface area contributed by atoms with Crippen molar-refractivity contribution in [2.45, 2.75) is 26.0 Å². The standard InChI is InChI=1S/C17H21NO2/c1-13(18)10-14-8-9-17(19-2)15(11-14)12-20-16-6-4-3-5-7-16/h3-9,11,13H,10,12,18H2,1-2H3. The van der Waals surface area contributed by atoms with Gasteiger partial charge in [0.05, 0.1) is 7.11 Å². The van der Waals surface area contributed by atoms with Crippen molar-refractivity contribution >= 4 is 0 Å². The van der Waals surface area contributed by atoms with E-state index in [1.807, 2.05) is 49.4 Å². The summed E-state index contributed by atoms with van der Waals surface area (Å²) in [5.74, 6) is 1.70. The van der Waals surface area contributed by atoms with Gasteiger partial charge in [-0.3, -0.25) is 0 Å². The molecule has 0 saturated carbocycles. The van der Waals surface area contributed by atoms with Gasteiger partial charge >= 0.3 is 0 Å². The molecule has 20 heavy (non-hydrogen) atoms. The van der Waals surface area contributed by atoms with Crippen LogP contribution in [0.15, 0.2) is 48.5 Å². The normalized spacial score (nSPS) is 11.9. The highest BCUT2D eigenvalue weighted by atomic mass is 16.5. The Labute approximate surface area is 120 Å². The summed E-state index contributed by atoms with van der Waals surface area (Å²) in [5, 5.41) is 0. The van der Waals surface area contributed by atoms with E-state index in [9.17, 15) is 0 Å². The van der Waals surface area contributed by atoms with Crippen LogP contribution in [0.4, 0.5) is 0 Å². The zero-order chi connectivity index (χ0) is 14.4. The van der Waals surface area contributed by atoms with E-state index in [1.54, 1.807) is 7.11 Å². The molecule has 0 radical (unpaired) electrons. The van der Waals surface area contributed by atoms with Crippen molar-refractivity contribution in [3.63, 3.8) is 0 Å². The SMILES string of the molecule is COc1ccc(CC(C)N)cc1COc1ccccc1. The van der Waals surface area contributed by atoms with Gasteiger partial charge in [-0.15, -0.1) is 0 Å². The van der Waals surface area contributed by atoms with E-state index in [0.29, 0.717) is 6.61 Å². The van der Waals surface area contributed by atoms with E-state index in [-0.39, 0.29) is 6.04 Å². The monoisotopic (exact) mass is 271 g/mol. The van der Waals surface area contributed by atoms with Crippen molar-refractivity contribution in [3.8, 4) is 11.5 Å². The molecular weight excluding hydrogens is 250 g/mol. The molecule has 0 saturated heterocycles. The van der Waals surface area contributed by atoms with Crippen LogP contribution in [0.5, 0.6) is 11.5 Å². The third-order valence-corrected chi connectivity index (χ3v) is 3.04. The lowest BCUT2D eigenvalue weighted by Gasteiger charge is -2.13. The lowest BCUT2D eigenvalue weighted by atomic mass is 10.0. The zero-order valence-electron chi connectivity index (χ0n) is 12.0. The molecule has 0 spiro atoms. The first-order valence-corrected chi connectivity index (χ1v) is 6.78. The van der Waals surface area contributed by atoms with Crippen LogP contribution in [-0.4, -0.2) is 13.2 Å². The molecule has 2 N–H and O–H groups in total. The molecule has 0 aliphatic heterocycles. The molecule has 0 aliphatic carbocycles. The Balaban J connectivity index is 2.12. The maximum atomic E-state index is 5.85. The minimum absolute atomic E-state index is 0.145. The van der Waals surface area contributed by atoms with Crippen LogP contribution < -0.4 is 15.2 Å². The second-order valence-corrected chi connectivity index (χ2v) is 4.93. The molecule has 3 nitrogen and oxygen atoms in total. The Kier molecular flexibility index (Phi) is 5.02. The number of methoxy groups -OCH3 is 1. The van der Waals surface area contributed by atoms with Crippen LogP contribution >= 0.6 is 0 Å². The van der Waals surface area contributed by atoms with E-state index in [4.69, 9.17) is 15.2 Å². The molecule has 0 amide bonds. The fraction of sp³-hybridized carbons (Fsp3) is 0.294. The molecule has 0 aromatic heterocycles. The zero-order valence-corrected chi connectivity index (χ0v) is 12.0. The van der Waals surface area contributed by atoms with Crippen LogP contribution in [-0.2, 0) is 13.0 Å². The van der Waals surface area contributed by atoms with Gasteiger partial charge in [0.15, 0.2) is 0 Å².